The standard InChI is InChI=1S/C7H8OS/c1-2-6-4-9-5-7(6)8-3-1/h4-5H,1-3H2. The molecule has 1 aromatic heterocycles. The zero-order chi connectivity index (χ0) is 6.10. The number of aryl methyl sites for hydroxylation is 1. The first-order chi connectivity index (χ1) is 4.47. The molecular formula is C7H8OS. The summed E-state index contributed by atoms with van der Waals surface area (Å²) in [5.41, 5.74) is 1.39. The molecule has 1 nitrogen and oxygen atoms in total. The summed E-state index contributed by atoms with van der Waals surface area (Å²) in [6.07, 6.45) is 2.39. The summed E-state index contributed by atoms with van der Waals surface area (Å²) in [6.45, 7) is 0.906. The molecule has 1 aliphatic heterocycles. The van der Waals surface area contributed by atoms with Crippen molar-refractivity contribution in [2.75, 3.05) is 6.61 Å². The molecule has 9 heavy (non-hydrogen) atoms. The molecule has 0 saturated heterocycles. The van der Waals surface area contributed by atoms with Crippen LogP contribution in [0.2, 0.25) is 0 Å². The lowest BCUT2D eigenvalue weighted by Gasteiger charge is -2.11. The fraction of sp³-hybridized carbons (Fsp3) is 0.429. The van der Waals surface area contributed by atoms with E-state index in [1.54, 1.807) is 11.3 Å². The summed E-state index contributed by atoms with van der Waals surface area (Å²) in [7, 11) is 0. The van der Waals surface area contributed by atoms with E-state index in [1.807, 2.05) is 0 Å². The van der Waals surface area contributed by atoms with Gasteiger partial charge in [0.25, 0.3) is 0 Å². The minimum Gasteiger partial charge on any atom is -0.492 e. The lowest BCUT2D eigenvalue weighted by atomic mass is 10.1. The van der Waals surface area contributed by atoms with Crippen molar-refractivity contribution in [2.45, 2.75) is 12.8 Å². The van der Waals surface area contributed by atoms with Gasteiger partial charge in [0.2, 0.25) is 0 Å². The molecule has 1 aliphatic rings. The van der Waals surface area contributed by atoms with Crippen LogP contribution in [0.25, 0.3) is 0 Å². The Balaban J connectivity index is 2.39. The molecule has 0 radical (unpaired) electrons. The van der Waals surface area contributed by atoms with Crippen LogP contribution < -0.4 is 4.74 Å². The molecule has 1 aromatic rings. The number of hydrogen-bond donors (Lipinski definition) is 0. The molecule has 0 saturated carbocycles. The van der Waals surface area contributed by atoms with Crippen molar-refractivity contribution in [3.8, 4) is 5.75 Å². The van der Waals surface area contributed by atoms with E-state index >= 15 is 0 Å². The molecule has 0 atom stereocenters. The van der Waals surface area contributed by atoms with E-state index < -0.39 is 0 Å². The highest BCUT2D eigenvalue weighted by molar-refractivity contribution is 7.08. The summed E-state index contributed by atoms with van der Waals surface area (Å²) in [5.74, 6) is 1.12. The summed E-state index contributed by atoms with van der Waals surface area (Å²) < 4.78 is 5.37. The molecule has 0 spiro atoms. The number of rotatable bonds is 0. The van der Waals surface area contributed by atoms with Crippen molar-refractivity contribution < 1.29 is 4.74 Å². The van der Waals surface area contributed by atoms with Crippen LogP contribution in [0.4, 0.5) is 0 Å². The maximum absolute atomic E-state index is 5.37. The van der Waals surface area contributed by atoms with Crippen LogP contribution in [0.3, 0.4) is 0 Å². The Morgan fingerprint density at radius 3 is 3.33 bits per heavy atom. The Kier molecular flexibility index (Phi) is 1.19. The molecule has 0 fully saturated rings. The molecule has 0 unspecified atom stereocenters. The van der Waals surface area contributed by atoms with E-state index in [0.717, 1.165) is 12.4 Å². The number of fused-ring (bicyclic) bond motifs is 1. The molecule has 0 N–H and O–H groups in total. The molecular weight excluding hydrogens is 132 g/mol. The lowest BCUT2D eigenvalue weighted by Crippen LogP contribution is -2.05. The quantitative estimate of drug-likeness (QED) is 0.536. The van der Waals surface area contributed by atoms with Crippen molar-refractivity contribution in [2.24, 2.45) is 0 Å². The van der Waals surface area contributed by atoms with Gasteiger partial charge in [-0.15, -0.1) is 11.3 Å². The predicted octanol–water partition coefficient (Wildman–Crippen LogP) is 2.07. The molecule has 0 aromatic carbocycles. The minimum absolute atomic E-state index is 0.906. The van der Waals surface area contributed by atoms with Gasteiger partial charge in [-0.1, -0.05) is 0 Å². The highest BCUT2D eigenvalue weighted by Crippen LogP contribution is 2.27. The van der Waals surface area contributed by atoms with Gasteiger partial charge in [-0.3, -0.25) is 0 Å². The third-order valence-electron chi connectivity index (χ3n) is 1.55. The number of hydrogen-bond acceptors (Lipinski definition) is 2. The Morgan fingerprint density at radius 1 is 1.44 bits per heavy atom. The fourth-order valence-electron chi connectivity index (χ4n) is 1.07. The van der Waals surface area contributed by atoms with Crippen molar-refractivity contribution in [3.63, 3.8) is 0 Å². The molecule has 0 bridgehead atoms. The van der Waals surface area contributed by atoms with Gasteiger partial charge in [0.1, 0.15) is 5.75 Å². The first kappa shape index (κ1) is 5.30. The molecule has 2 rings (SSSR count). The molecule has 0 amide bonds. The fourth-order valence-corrected chi connectivity index (χ4v) is 1.87. The second-order valence-corrected chi connectivity index (χ2v) is 2.96. The smallest absolute Gasteiger partial charge is 0.133 e. The van der Waals surface area contributed by atoms with E-state index in [-0.39, 0.29) is 0 Å². The van der Waals surface area contributed by atoms with Crippen LogP contribution in [0, 0.1) is 0 Å². The SMILES string of the molecule is c1scc2c1CCCO2. The molecule has 2 heteroatoms. The summed E-state index contributed by atoms with van der Waals surface area (Å²) >= 11 is 1.73. The maximum Gasteiger partial charge on any atom is 0.133 e. The van der Waals surface area contributed by atoms with E-state index in [1.165, 1.54) is 18.4 Å². The summed E-state index contributed by atoms with van der Waals surface area (Å²) in [5, 5.41) is 4.25. The Labute approximate surface area is 58.3 Å². The van der Waals surface area contributed by atoms with Gasteiger partial charge in [0.15, 0.2) is 0 Å². The van der Waals surface area contributed by atoms with E-state index in [4.69, 9.17) is 4.74 Å². The third kappa shape index (κ3) is 0.833. The minimum atomic E-state index is 0.906. The van der Waals surface area contributed by atoms with Crippen LogP contribution in [-0.4, -0.2) is 6.61 Å². The second-order valence-electron chi connectivity index (χ2n) is 2.21. The zero-order valence-corrected chi connectivity index (χ0v) is 5.91. The van der Waals surface area contributed by atoms with Gasteiger partial charge < -0.3 is 4.74 Å². The van der Waals surface area contributed by atoms with E-state index in [2.05, 4.69) is 10.8 Å². The van der Waals surface area contributed by atoms with Crippen molar-refractivity contribution >= 4 is 11.3 Å². The largest absolute Gasteiger partial charge is 0.492 e. The van der Waals surface area contributed by atoms with E-state index in [0.29, 0.717) is 0 Å². The molecule has 48 valence electrons. The first-order valence-corrected chi connectivity index (χ1v) is 4.09. The summed E-state index contributed by atoms with van der Waals surface area (Å²) in [4.78, 5) is 0. The van der Waals surface area contributed by atoms with Gasteiger partial charge in [-0.05, 0) is 18.2 Å². The van der Waals surface area contributed by atoms with Crippen LogP contribution in [0.15, 0.2) is 10.8 Å². The highest BCUT2D eigenvalue weighted by atomic mass is 32.1. The van der Waals surface area contributed by atoms with Gasteiger partial charge in [-0.25, -0.2) is 0 Å². The van der Waals surface area contributed by atoms with Crippen LogP contribution in [0.5, 0.6) is 5.75 Å². The van der Waals surface area contributed by atoms with Crippen molar-refractivity contribution in [1.29, 1.82) is 0 Å². The Morgan fingerprint density at radius 2 is 2.44 bits per heavy atom. The average Bonchev–Trinajstić information content (AvgIpc) is 2.33. The number of ether oxygens (including phenoxy) is 1. The Bertz CT molecular complexity index is 184. The Hall–Kier alpha value is -0.500. The van der Waals surface area contributed by atoms with E-state index in [9.17, 15) is 0 Å². The van der Waals surface area contributed by atoms with Gasteiger partial charge >= 0.3 is 0 Å². The monoisotopic (exact) mass is 140 g/mol. The average molecular weight is 140 g/mol. The third-order valence-corrected chi connectivity index (χ3v) is 2.32. The topological polar surface area (TPSA) is 9.23 Å². The van der Waals surface area contributed by atoms with Gasteiger partial charge in [-0.2, -0.15) is 0 Å². The highest BCUT2D eigenvalue weighted by Gasteiger charge is 2.08. The van der Waals surface area contributed by atoms with Crippen LogP contribution in [0.1, 0.15) is 12.0 Å². The second kappa shape index (κ2) is 2.03. The van der Waals surface area contributed by atoms with Crippen LogP contribution >= 0.6 is 11.3 Å². The predicted molar refractivity (Wildman–Crippen MR) is 38.1 cm³/mol. The molecule has 2 heterocycles. The normalized spacial score (nSPS) is 16.4. The number of thiophene rings is 1. The summed E-state index contributed by atoms with van der Waals surface area (Å²) in [6, 6.07) is 0. The first-order valence-electron chi connectivity index (χ1n) is 3.15. The van der Waals surface area contributed by atoms with Crippen molar-refractivity contribution in [3.05, 3.63) is 16.3 Å². The van der Waals surface area contributed by atoms with Crippen molar-refractivity contribution in [1.82, 2.24) is 0 Å². The van der Waals surface area contributed by atoms with Gasteiger partial charge in [0, 0.05) is 10.9 Å². The lowest BCUT2D eigenvalue weighted by molar-refractivity contribution is 0.290. The zero-order valence-electron chi connectivity index (χ0n) is 5.09. The molecule has 0 aliphatic carbocycles. The van der Waals surface area contributed by atoms with Crippen LogP contribution in [-0.2, 0) is 6.42 Å². The van der Waals surface area contributed by atoms with Gasteiger partial charge in [0.05, 0.1) is 6.61 Å². The maximum atomic E-state index is 5.37.